The molecule has 0 atom stereocenters. The van der Waals surface area contributed by atoms with Crippen molar-refractivity contribution in [2.24, 2.45) is 0 Å². The molecule has 1 N–H and O–H groups in total. The van der Waals surface area contributed by atoms with Crippen LogP contribution in [0.4, 0.5) is 5.69 Å². The summed E-state index contributed by atoms with van der Waals surface area (Å²) in [5.41, 5.74) is 2.54. The van der Waals surface area contributed by atoms with Crippen LogP contribution in [0.15, 0.2) is 48.5 Å². The Balaban J connectivity index is 1.91. The number of aryl methyl sites for hydroxylation is 1. The van der Waals surface area contributed by atoms with Crippen LogP contribution in [0.3, 0.4) is 0 Å². The maximum Gasteiger partial charge on any atom is 0.224 e. The number of terminal acetylenes is 1. The molecule has 0 aliphatic carbocycles. The van der Waals surface area contributed by atoms with Gasteiger partial charge in [-0.15, -0.1) is 6.42 Å². The van der Waals surface area contributed by atoms with E-state index in [4.69, 9.17) is 11.2 Å². The van der Waals surface area contributed by atoms with Crippen molar-refractivity contribution in [1.29, 1.82) is 0 Å². The van der Waals surface area contributed by atoms with Crippen molar-refractivity contribution in [3.05, 3.63) is 59.7 Å². The molecular formula is C18H17NO2. The lowest BCUT2D eigenvalue weighted by Crippen LogP contribution is -2.12. The van der Waals surface area contributed by atoms with E-state index < -0.39 is 0 Å². The van der Waals surface area contributed by atoms with Crippen molar-refractivity contribution >= 4 is 11.6 Å². The molecule has 21 heavy (non-hydrogen) atoms. The molecule has 1 amide bonds. The molecule has 0 saturated heterocycles. The number of amides is 1. The van der Waals surface area contributed by atoms with E-state index in [2.05, 4.69) is 11.2 Å². The van der Waals surface area contributed by atoms with Crippen molar-refractivity contribution < 1.29 is 9.53 Å². The normalized spacial score (nSPS) is 9.71. The summed E-state index contributed by atoms with van der Waals surface area (Å²) in [6.07, 6.45) is 6.41. The number of rotatable bonds is 5. The zero-order valence-corrected chi connectivity index (χ0v) is 11.9. The zero-order chi connectivity index (χ0) is 15.1. The minimum absolute atomic E-state index is 0.0352. The molecule has 0 heterocycles. The van der Waals surface area contributed by atoms with Gasteiger partial charge in [0.2, 0.25) is 5.91 Å². The van der Waals surface area contributed by atoms with Gasteiger partial charge in [-0.3, -0.25) is 4.79 Å². The third-order valence-electron chi connectivity index (χ3n) is 3.09. The molecule has 2 aromatic rings. The first-order valence-electron chi connectivity index (χ1n) is 6.71. The van der Waals surface area contributed by atoms with E-state index in [0.717, 1.165) is 22.6 Å². The molecule has 3 nitrogen and oxygen atoms in total. The Kier molecular flexibility index (Phi) is 5.00. The fourth-order valence-electron chi connectivity index (χ4n) is 2.00. The van der Waals surface area contributed by atoms with Gasteiger partial charge >= 0.3 is 0 Å². The first-order chi connectivity index (χ1) is 10.2. The average Bonchev–Trinajstić information content (AvgIpc) is 2.53. The van der Waals surface area contributed by atoms with Gasteiger partial charge in [-0.25, -0.2) is 0 Å². The van der Waals surface area contributed by atoms with Gasteiger partial charge in [0.1, 0.15) is 5.75 Å². The highest BCUT2D eigenvalue weighted by Gasteiger charge is 2.04. The average molecular weight is 279 g/mol. The molecule has 0 spiro atoms. The summed E-state index contributed by atoms with van der Waals surface area (Å²) in [7, 11) is 1.63. The molecule has 2 rings (SSSR count). The second-order valence-corrected chi connectivity index (χ2v) is 4.62. The van der Waals surface area contributed by atoms with Crippen LogP contribution in [0, 0.1) is 12.3 Å². The topological polar surface area (TPSA) is 38.3 Å². The second kappa shape index (κ2) is 7.16. The summed E-state index contributed by atoms with van der Waals surface area (Å²) in [6, 6.07) is 15.0. The summed E-state index contributed by atoms with van der Waals surface area (Å²) in [4.78, 5) is 11.9. The number of methoxy groups -OCH3 is 1. The van der Waals surface area contributed by atoms with E-state index in [9.17, 15) is 4.79 Å². The number of hydrogen-bond donors (Lipinski definition) is 1. The minimum atomic E-state index is -0.0352. The zero-order valence-electron chi connectivity index (χ0n) is 11.9. The molecule has 0 saturated carbocycles. The predicted octanol–water partition coefficient (Wildman–Crippen LogP) is 3.25. The van der Waals surface area contributed by atoms with Gasteiger partial charge < -0.3 is 10.1 Å². The van der Waals surface area contributed by atoms with Crippen LogP contribution in [-0.4, -0.2) is 13.0 Å². The molecule has 2 aromatic carbocycles. The summed E-state index contributed by atoms with van der Waals surface area (Å²) < 4.78 is 5.16. The number of hydrogen-bond acceptors (Lipinski definition) is 2. The van der Waals surface area contributed by atoms with Gasteiger partial charge in [-0.2, -0.15) is 0 Å². The van der Waals surface area contributed by atoms with Crippen molar-refractivity contribution in [2.45, 2.75) is 12.8 Å². The van der Waals surface area contributed by atoms with E-state index in [0.29, 0.717) is 12.8 Å². The molecule has 0 radical (unpaired) electrons. The van der Waals surface area contributed by atoms with Crippen molar-refractivity contribution in [3.63, 3.8) is 0 Å². The third-order valence-corrected chi connectivity index (χ3v) is 3.09. The molecule has 0 aliphatic rings. The van der Waals surface area contributed by atoms with E-state index in [1.807, 2.05) is 42.5 Å². The van der Waals surface area contributed by atoms with E-state index in [-0.39, 0.29) is 5.91 Å². The van der Waals surface area contributed by atoms with Crippen molar-refractivity contribution in [2.75, 3.05) is 12.4 Å². The summed E-state index contributed by atoms with van der Waals surface area (Å²) in [6.45, 7) is 0. The molecule has 0 aromatic heterocycles. The Morgan fingerprint density at radius 1 is 1.24 bits per heavy atom. The molecule has 0 fully saturated rings. The maximum atomic E-state index is 11.9. The summed E-state index contributed by atoms with van der Waals surface area (Å²) in [5.74, 6) is 3.31. The third kappa shape index (κ3) is 4.39. The molecule has 0 aliphatic heterocycles. The van der Waals surface area contributed by atoms with Crippen molar-refractivity contribution in [1.82, 2.24) is 0 Å². The highest BCUT2D eigenvalue weighted by atomic mass is 16.5. The number of ether oxygens (including phenoxy) is 1. The van der Waals surface area contributed by atoms with Crippen LogP contribution in [0.1, 0.15) is 17.5 Å². The SMILES string of the molecule is C#Cc1cccc(NC(=O)CCc2cccc(OC)c2)c1. The highest BCUT2D eigenvalue weighted by molar-refractivity contribution is 5.91. The molecule has 106 valence electrons. The van der Waals surface area contributed by atoms with Crippen LogP contribution < -0.4 is 10.1 Å². The number of anilines is 1. The Bertz CT molecular complexity index is 671. The van der Waals surface area contributed by atoms with Crippen LogP contribution in [-0.2, 0) is 11.2 Å². The van der Waals surface area contributed by atoms with Crippen molar-refractivity contribution in [3.8, 4) is 18.1 Å². The molecule has 0 bridgehead atoms. The second-order valence-electron chi connectivity index (χ2n) is 4.62. The lowest BCUT2D eigenvalue weighted by Gasteiger charge is -2.07. The van der Waals surface area contributed by atoms with Crippen LogP contribution in [0.2, 0.25) is 0 Å². The van der Waals surface area contributed by atoms with E-state index in [1.54, 1.807) is 13.2 Å². The lowest BCUT2D eigenvalue weighted by atomic mass is 10.1. The van der Waals surface area contributed by atoms with Crippen LogP contribution >= 0.6 is 0 Å². The van der Waals surface area contributed by atoms with Crippen LogP contribution in [0.25, 0.3) is 0 Å². The smallest absolute Gasteiger partial charge is 0.224 e. The van der Waals surface area contributed by atoms with Gasteiger partial charge in [0.25, 0.3) is 0 Å². The van der Waals surface area contributed by atoms with Crippen LogP contribution in [0.5, 0.6) is 5.75 Å². The monoisotopic (exact) mass is 279 g/mol. The summed E-state index contributed by atoms with van der Waals surface area (Å²) in [5, 5.41) is 2.85. The lowest BCUT2D eigenvalue weighted by molar-refractivity contribution is -0.116. The highest BCUT2D eigenvalue weighted by Crippen LogP contribution is 2.15. The van der Waals surface area contributed by atoms with Gasteiger partial charge in [0, 0.05) is 17.7 Å². The first kappa shape index (κ1) is 14.7. The van der Waals surface area contributed by atoms with Gasteiger partial charge in [0.05, 0.1) is 7.11 Å². The minimum Gasteiger partial charge on any atom is -0.497 e. The number of carbonyl (C=O) groups is 1. The molecular weight excluding hydrogens is 262 g/mol. The van der Waals surface area contributed by atoms with Gasteiger partial charge in [-0.05, 0) is 42.3 Å². The number of nitrogens with one attached hydrogen (secondary N) is 1. The molecule has 3 heteroatoms. The fraction of sp³-hybridized carbons (Fsp3) is 0.167. The first-order valence-corrected chi connectivity index (χ1v) is 6.71. The van der Waals surface area contributed by atoms with E-state index in [1.165, 1.54) is 0 Å². The predicted molar refractivity (Wildman–Crippen MR) is 84.3 cm³/mol. The maximum absolute atomic E-state index is 11.9. The Morgan fingerprint density at radius 3 is 2.81 bits per heavy atom. The standard InChI is InChI=1S/C18H17NO2/c1-3-14-6-4-8-16(12-14)19-18(20)11-10-15-7-5-9-17(13-15)21-2/h1,4-9,12-13H,10-11H2,2H3,(H,19,20). The Hall–Kier alpha value is -2.73. The largest absolute Gasteiger partial charge is 0.497 e. The fourth-order valence-corrected chi connectivity index (χ4v) is 2.00. The Morgan fingerprint density at radius 2 is 2.05 bits per heavy atom. The quantitative estimate of drug-likeness (QED) is 0.853. The summed E-state index contributed by atoms with van der Waals surface area (Å²) >= 11 is 0. The van der Waals surface area contributed by atoms with Gasteiger partial charge in [0.15, 0.2) is 0 Å². The van der Waals surface area contributed by atoms with E-state index >= 15 is 0 Å². The number of benzene rings is 2. The molecule has 0 unspecified atom stereocenters. The Labute approximate surface area is 125 Å². The van der Waals surface area contributed by atoms with Gasteiger partial charge in [-0.1, -0.05) is 24.1 Å². The number of carbonyl (C=O) groups excluding carboxylic acids is 1.